The molecule has 5 nitrogen and oxygen atoms in total. The minimum atomic E-state index is -0.236. The summed E-state index contributed by atoms with van der Waals surface area (Å²) in [6.45, 7) is 2.85. The highest BCUT2D eigenvalue weighted by Crippen LogP contribution is 2.16. The van der Waals surface area contributed by atoms with Gasteiger partial charge in [0.05, 0.1) is 6.26 Å². The van der Waals surface area contributed by atoms with Crippen LogP contribution in [-0.2, 0) is 6.61 Å². The van der Waals surface area contributed by atoms with Crippen molar-refractivity contribution in [2.24, 2.45) is 0 Å². The number of rotatable bonds is 8. The fourth-order valence-corrected chi connectivity index (χ4v) is 2.70. The Morgan fingerprint density at radius 1 is 1.07 bits per heavy atom. The molecule has 1 unspecified atom stereocenters. The number of anilines is 1. The third kappa shape index (κ3) is 4.91. The molecule has 3 aromatic rings. The van der Waals surface area contributed by atoms with Gasteiger partial charge in [0.1, 0.15) is 12.4 Å². The quantitative estimate of drug-likeness (QED) is 0.653. The second-order valence-corrected chi connectivity index (χ2v) is 6.38. The summed E-state index contributed by atoms with van der Waals surface area (Å²) < 4.78 is 11.1. The molecule has 1 N–H and O–H groups in total. The van der Waals surface area contributed by atoms with Gasteiger partial charge in [0.15, 0.2) is 5.76 Å². The molecule has 0 bridgehead atoms. The second kappa shape index (κ2) is 8.94. The predicted molar refractivity (Wildman–Crippen MR) is 106 cm³/mol. The maximum Gasteiger partial charge on any atom is 0.287 e. The molecule has 0 aliphatic carbocycles. The Kier molecular flexibility index (Phi) is 6.15. The third-order valence-electron chi connectivity index (χ3n) is 4.47. The van der Waals surface area contributed by atoms with E-state index in [0.29, 0.717) is 12.3 Å². The van der Waals surface area contributed by atoms with Gasteiger partial charge < -0.3 is 19.4 Å². The Bertz CT molecular complexity index is 846. The van der Waals surface area contributed by atoms with E-state index in [0.717, 1.165) is 17.0 Å². The number of hydrogen-bond donors (Lipinski definition) is 1. The summed E-state index contributed by atoms with van der Waals surface area (Å²) in [6.07, 6.45) is 1.51. The smallest absolute Gasteiger partial charge is 0.287 e. The Morgan fingerprint density at radius 3 is 2.44 bits per heavy atom. The van der Waals surface area contributed by atoms with E-state index >= 15 is 0 Å². The van der Waals surface area contributed by atoms with Crippen LogP contribution in [-0.4, -0.2) is 25.5 Å². The summed E-state index contributed by atoms with van der Waals surface area (Å²) >= 11 is 0. The lowest BCUT2D eigenvalue weighted by Gasteiger charge is -2.27. The molecule has 27 heavy (non-hydrogen) atoms. The molecular formula is C22H24N2O3. The van der Waals surface area contributed by atoms with E-state index in [1.165, 1.54) is 6.26 Å². The molecule has 0 aliphatic rings. The lowest BCUT2D eigenvalue weighted by atomic mass is 10.2. The highest BCUT2D eigenvalue weighted by Gasteiger charge is 2.18. The van der Waals surface area contributed by atoms with Crippen LogP contribution in [0.1, 0.15) is 23.0 Å². The first kappa shape index (κ1) is 18.6. The Hall–Kier alpha value is -3.21. The topological polar surface area (TPSA) is 54.7 Å². The molecule has 1 heterocycles. The largest absolute Gasteiger partial charge is 0.489 e. The average molecular weight is 364 g/mol. The third-order valence-corrected chi connectivity index (χ3v) is 4.47. The van der Waals surface area contributed by atoms with Crippen LogP contribution in [0, 0.1) is 0 Å². The summed E-state index contributed by atoms with van der Waals surface area (Å²) in [5.74, 6) is 0.809. The normalized spacial score (nSPS) is 11.6. The number of amides is 1. The predicted octanol–water partition coefficient (Wildman–Crippen LogP) is 4.11. The van der Waals surface area contributed by atoms with Crippen LogP contribution in [0.15, 0.2) is 77.4 Å². The van der Waals surface area contributed by atoms with Crippen molar-refractivity contribution in [1.82, 2.24) is 5.32 Å². The van der Waals surface area contributed by atoms with Crippen molar-refractivity contribution in [2.75, 3.05) is 18.5 Å². The fraction of sp³-hybridized carbons (Fsp3) is 0.227. The highest BCUT2D eigenvalue weighted by molar-refractivity contribution is 5.92. The lowest BCUT2D eigenvalue weighted by Crippen LogP contribution is -2.40. The molecule has 1 aromatic heterocycles. The first-order valence-corrected chi connectivity index (χ1v) is 8.95. The molecule has 0 radical (unpaired) electrons. The first-order chi connectivity index (χ1) is 13.1. The molecule has 0 saturated heterocycles. The van der Waals surface area contributed by atoms with E-state index in [-0.39, 0.29) is 18.6 Å². The van der Waals surface area contributed by atoms with Crippen molar-refractivity contribution in [1.29, 1.82) is 0 Å². The first-order valence-electron chi connectivity index (χ1n) is 8.95. The Labute approximate surface area is 159 Å². The highest BCUT2D eigenvalue weighted by atomic mass is 16.5. The summed E-state index contributed by atoms with van der Waals surface area (Å²) in [5.41, 5.74) is 1.83. The Morgan fingerprint density at radius 2 is 1.74 bits per heavy atom. The number of benzene rings is 2. The van der Waals surface area contributed by atoms with Crippen molar-refractivity contribution in [3.05, 3.63) is 84.3 Å². The van der Waals surface area contributed by atoms with Gasteiger partial charge in [0.2, 0.25) is 0 Å². The minimum Gasteiger partial charge on any atom is -0.489 e. The van der Waals surface area contributed by atoms with Crippen LogP contribution < -0.4 is 15.0 Å². The molecule has 2 aromatic carbocycles. The second-order valence-electron chi connectivity index (χ2n) is 6.38. The Balaban J connectivity index is 1.55. The summed E-state index contributed by atoms with van der Waals surface area (Å²) in [7, 11) is 2.01. The van der Waals surface area contributed by atoms with E-state index < -0.39 is 0 Å². The number of nitrogens with zero attached hydrogens (tertiary/aromatic N) is 1. The van der Waals surface area contributed by atoms with Crippen LogP contribution in [0.25, 0.3) is 0 Å². The summed E-state index contributed by atoms with van der Waals surface area (Å²) in [4.78, 5) is 14.6. The molecular weight excluding hydrogens is 340 g/mol. The van der Waals surface area contributed by atoms with Gasteiger partial charge in [-0.25, -0.2) is 0 Å². The maximum atomic E-state index is 12.5. The van der Waals surface area contributed by atoms with E-state index in [2.05, 4.69) is 17.1 Å². The number of carbonyl (C=O) groups is 1. The van der Waals surface area contributed by atoms with Gasteiger partial charge in [-0.1, -0.05) is 36.4 Å². The van der Waals surface area contributed by atoms with Gasteiger partial charge in [-0.3, -0.25) is 4.79 Å². The average Bonchev–Trinajstić information content (AvgIpc) is 3.20. The van der Waals surface area contributed by atoms with Crippen molar-refractivity contribution < 1.29 is 13.9 Å². The van der Waals surface area contributed by atoms with Crippen LogP contribution in [0.4, 0.5) is 5.69 Å². The number of nitrogens with one attached hydrogen (secondary N) is 1. The van der Waals surface area contributed by atoms with E-state index in [4.69, 9.17) is 9.15 Å². The van der Waals surface area contributed by atoms with Crippen molar-refractivity contribution in [2.45, 2.75) is 19.6 Å². The van der Waals surface area contributed by atoms with E-state index in [1.54, 1.807) is 6.07 Å². The molecule has 0 spiro atoms. The van der Waals surface area contributed by atoms with Crippen molar-refractivity contribution >= 4 is 11.6 Å². The van der Waals surface area contributed by atoms with E-state index in [9.17, 15) is 4.79 Å². The molecule has 1 atom stereocenters. The van der Waals surface area contributed by atoms with E-state index in [1.807, 2.05) is 67.7 Å². The van der Waals surface area contributed by atoms with Crippen molar-refractivity contribution in [3.63, 3.8) is 0 Å². The standard InChI is InChI=1S/C22H24N2O3/c1-17(24(2)19-9-5-3-6-10-19)15-23-22(25)21-18(13-14-26-21)16-27-20-11-7-4-8-12-20/h3-14,17H,15-16H2,1-2H3,(H,23,25). The van der Waals surface area contributed by atoms with Gasteiger partial charge in [-0.2, -0.15) is 0 Å². The number of hydrogen-bond acceptors (Lipinski definition) is 4. The SMILES string of the molecule is CC(CNC(=O)c1occc1COc1ccccc1)N(C)c1ccccc1. The molecule has 3 rings (SSSR count). The zero-order valence-corrected chi connectivity index (χ0v) is 15.6. The van der Waals surface area contributed by atoms with Gasteiger partial charge >= 0.3 is 0 Å². The zero-order chi connectivity index (χ0) is 19.1. The van der Waals surface area contributed by atoms with Gasteiger partial charge in [0.25, 0.3) is 5.91 Å². The van der Waals surface area contributed by atoms with Crippen LogP contribution in [0.2, 0.25) is 0 Å². The minimum absolute atomic E-state index is 0.135. The summed E-state index contributed by atoms with van der Waals surface area (Å²) in [6, 6.07) is 21.5. The fourth-order valence-electron chi connectivity index (χ4n) is 2.70. The molecule has 0 fully saturated rings. The number of para-hydroxylation sites is 2. The molecule has 0 saturated carbocycles. The van der Waals surface area contributed by atoms with Crippen LogP contribution in [0.5, 0.6) is 5.75 Å². The van der Waals surface area contributed by atoms with Crippen molar-refractivity contribution in [3.8, 4) is 5.75 Å². The van der Waals surface area contributed by atoms with Gasteiger partial charge in [-0.05, 0) is 37.3 Å². The summed E-state index contributed by atoms with van der Waals surface area (Å²) in [5, 5.41) is 2.94. The molecule has 1 amide bonds. The van der Waals surface area contributed by atoms with Crippen LogP contribution in [0.3, 0.4) is 0 Å². The lowest BCUT2D eigenvalue weighted by molar-refractivity contribution is 0.0920. The monoisotopic (exact) mass is 364 g/mol. The van der Waals surface area contributed by atoms with Gasteiger partial charge in [0, 0.05) is 30.9 Å². The number of furan rings is 1. The molecule has 5 heteroatoms. The molecule has 140 valence electrons. The number of carbonyl (C=O) groups excluding carboxylic acids is 1. The number of likely N-dealkylation sites (N-methyl/N-ethyl adjacent to an activating group) is 1. The van der Waals surface area contributed by atoms with Gasteiger partial charge in [-0.15, -0.1) is 0 Å². The molecule has 0 aliphatic heterocycles. The number of ether oxygens (including phenoxy) is 1. The zero-order valence-electron chi connectivity index (χ0n) is 15.6. The van der Waals surface area contributed by atoms with Crippen LogP contribution >= 0.6 is 0 Å². The maximum absolute atomic E-state index is 12.5.